The zero-order chi connectivity index (χ0) is 23.8. The molecule has 0 bridgehead atoms. The van der Waals surface area contributed by atoms with Crippen molar-refractivity contribution in [1.82, 2.24) is 24.8 Å². The van der Waals surface area contributed by atoms with Gasteiger partial charge in [0.25, 0.3) is 5.56 Å². The maximum Gasteiger partial charge on any atom is 0.407 e. The molecule has 12 heteroatoms. The van der Waals surface area contributed by atoms with Crippen LogP contribution in [0.5, 0.6) is 0 Å². The van der Waals surface area contributed by atoms with E-state index in [1.54, 1.807) is 0 Å². The van der Waals surface area contributed by atoms with Crippen molar-refractivity contribution in [2.24, 2.45) is 0 Å². The van der Waals surface area contributed by atoms with Gasteiger partial charge < -0.3 is 30.7 Å². The molecule has 34 heavy (non-hydrogen) atoms. The van der Waals surface area contributed by atoms with E-state index in [-0.39, 0.29) is 23.7 Å². The molecule has 1 aromatic carbocycles. The van der Waals surface area contributed by atoms with Gasteiger partial charge in [-0.3, -0.25) is 14.3 Å². The number of hydrogen-bond acceptors (Lipinski definition) is 9. The zero-order valence-electron chi connectivity index (χ0n) is 18.0. The van der Waals surface area contributed by atoms with Gasteiger partial charge in [-0.05, 0) is 29.5 Å². The van der Waals surface area contributed by atoms with Crippen molar-refractivity contribution in [3.63, 3.8) is 0 Å². The highest BCUT2D eigenvalue weighted by atomic mass is 16.6. The van der Waals surface area contributed by atoms with Gasteiger partial charge in [0, 0.05) is 6.54 Å². The third kappa shape index (κ3) is 4.02. The molecule has 1 fully saturated rings. The number of carbonyl (C=O) groups is 1. The van der Waals surface area contributed by atoms with Gasteiger partial charge >= 0.3 is 6.09 Å². The lowest BCUT2D eigenvalue weighted by Gasteiger charge is -2.16. The summed E-state index contributed by atoms with van der Waals surface area (Å²) in [5.41, 5.74) is 8.82. The van der Waals surface area contributed by atoms with E-state index in [0.29, 0.717) is 13.0 Å². The molecule has 12 nitrogen and oxygen atoms in total. The Morgan fingerprint density at radius 2 is 2.15 bits per heavy atom. The minimum atomic E-state index is -1.37. The Bertz CT molecular complexity index is 1320. The van der Waals surface area contributed by atoms with Crippen LogP contribution in [0.4, 0.5) is 10.7 Å². The number of nitrogens with two attached hydrogens (primary N) is 1. The van der Waals surface area contributed by atoms with Gasteiger partial charge in [0.05, 0.1) is 6.33 Å². The van der Waals surface area contributed by atoms with Crippen molar-refractivity contribution in [3.05, 3.63) is 58.1 Å². The van der Waals surface area contributed by atoms with E-state index in [1.807, 2.05) is 12.1 Å². The van der Waals surface area contributed by atoms with Gasteiger partial charge in [-0.25, -0.2) is 9.78 Å². The molecule has 0 saturated carbocycles. The number of nitrogens with one attached hydrogen (secondary N) is 2. The fourth-order valence-electron chi connectivity index (χ4n) is 4.33. The molecule has 2 aliphatic rings. The number of alkyl carbamates (subject to hydrolysis) is 1. The van der Waals surface area contributed by atoms with E-state index in [4.69, 9.17) is 15.2 Å². The Morgan fingerprint density at radius 3 is 3.00 bits per heavy atom. The molecule has 0 radical (unpaired) electrons. The molecule has 1 saturated heterocycles. The van der Waals surface area contributed by atoms with Crippen LogP contribution < -0.4 is 16.6 Å². The van der Waals surface area contributed by atoms with Crippen molar-refractivity contribution in [2.75, 3.05) is 18.9 Å². The smallest absolute Gasteiger partial charge is 0.407 e. The summed E-state index contributed by atoms with van der Waals surface area (Å²) in [6.07, 6.45) is -0.490. The lowest BCUT2D eigenvalue weighted by atomic mass is 10.0. The standard InChI is InChI=1S/C22H24N6O6/c23-21-26-18-15(19(31)27-21)25-10-28(18)20-17(30)16(29)14(34-20)9-33-22(32)24-8-7-12-6-5-11-3-1-2-4-13(11)12/h1-4,6,10,14,16-17,20,29-30H,5,7-9H2,(H,24,32)(H3,23,26,27,31)/t14-,16+,17?,20-/m1/s1. The molecule has 1 aliphatic heterocycles. The summed E-state index contributed by atoms with van der Waals surface area (Å²) in [5, 5.41) is 23.6. The number of imidazole rings is 1. The zero-order valence-corrected chi connectivity index (χ0v) is 18.0. The first kappa shape index (κ1) is 22.1. The lowest BCUT2D eigenvalue weighted by Crippen LogP contribution is -2.36. The van der Waals surface area contributed by atoms with E-state index in [2.05, 4.69) is 38.5 Å². The van der Waals surface area contributed by atoms with Gasteiger partial charge in [-0.1, -0.05) is 30.3 Å². The highest BCUT2D eigenvalue weighted by molar-refractivity contribution is 5.74. The number of allylic oxidation sites excluding steroid dienone is 1. The first-order valence-electron chi connectivity index (χ1n) is 10.8. The number of amides is 1. The van der Waals surface area contributed by atoms with E-state index in [1.165, 1.54) is 27.6 Å². The van der Waals surface area contributed by atoms with E-state index in [0.717, 1.165) is 6.42 Å². The maximum absolute atomic E-state index is 12.1. The SMILES string of the molecule is Nc1nc2c(ncn2[C@@H]2O[C@H](COC(=O)NCCC3=CCc4ccccc43)[C@H](O)C2O)c(=O)[nH]1. The van der Waals surface area contributed by atoms with Crippen LogP contribution in [0.15, 0.2) is 41.5 Å². The molecule has 178 valence electrons. The summed E-state index contributed by atoms with van der Waals surface area (Å²) in [7, 11) is 0. The number of aromatic amines is 1. The third-order valence-electron chi connectivity index (χ3n) is 6.04. The molecule has 1 aliphatic carbocycles. The number of anilines is 1. The van der Waals surface area contributed by atoms with Crippen LogP contribution in [0.25, 0.3) is 16.7 Å². The monoisotopic (exact) mass is 468 g/mol. The molecular weight excluding hydrogens is 444 g/mol. The fourth-order valence-corrected chi connectivity index (χ4v) is 4.33. The second-order valence-electron chi connectivity index (χ2n) is 8.19. The van der Waals surface area contributed by atoms with Gasteiger partial charge in [0.1, 0.15) is 24.9 Å². The minimum absolute atomic E-state index is 0.0126. The quantitative estimate of drug-likeness (QED) is 0.335. The molecular formula is C22H24N6O6. The van der Waals surface area contributed by atoms with Crippen LogP contribution in [0.1, 0.15) is 23.8 Å². The first-order valence-corrected chi connectivity index (χ1v) is 10.8. The predicted octanol–water partition coefficient (Wildman–Crippen LogP) is 0.0770. The summed E-state index contributed by atoms with van der Waals surface area (Å²) in [6.45, 7) is 0.107. The second-order valence-corrected chi connectivity index (χ2v) is 8.19. The number of nitrogens with zero attached hydrogens (tertiary/aromatic N) is 3. The summed E-state index contributed by atoms with van der Waals surface area (Å²) in [5.74, 6) is -0.124. The van der Waals surface area contributed by atoms with Crippen LogP contribution in [0.3, 0.4) is 0 Å². The topological polar surface area (TPSA) is 178 Å². The number of rotatable bonds is 6. The van der Waals surface area contributed by atoms with Crippen LogP contribution in [0, 0.1) is 0 Å². The summed E-state index contributed by atoms with van der Waals surface area (Å²) < 4.78 is 12.2. The summed E-state index contributed by atoms with van der Waals surface area (Å²) >= 11 is 0. The van der Waals surface area contributed by atoms with Gasteiger partial charge in [-0.15, -0.1) is 0 Å². The minimum Gasteiger partial charge on any atom is -0.447 e. The van der Waals surface area contributed by atoms with E-state index >= 15 is 0 Å². The van der Waals surface area contributed by atoms with Gasteiger partial charge in [0.15, 0.2) is 17.4 Å². The number of ether oxygens (including phenoxy) is 2. The van der Waals surface area contributed by atoms with E-state index < -0.39 is 36.2 Å². The van der Waals surface area contributed by atoms with Crippen LogP contribution in [-0.4, -0.2) is 67.3 Å². The average molecular weight is 468 g/mol. The number of benzene rings is 1. The number of hydrogen-bond donors (Lipinski definition) is 5. The number of aliphatic hydroxyl groups excluding tert-OH is 2. The van der Waals surface area contributed by atoms with Crippen LogP contribution >= 0.6 is 0 Å². The Kier molecular flexibility index (Phi) is 5.77. The molecule has 3 aromatic rings. The molecule has 1 amide bonds. The highest BCUT2D eigenvalue weighted by Crippen LogP contribution is 2.31. The van der Waals surface area contributed by atoms with Crippen molar-refractivity contribution in [3.8, 4) is 0 Å². The fraction of sp³-hybridized carbons (Fsp3) is 0.364. The Balaban J connectivity index is 1.15. The van der Waals surface area contributed by atoms with Crippen molar-refractivity contribution in [1.29, 1.82) is 0 Å². The van der Waals surface area contributed by atoms with Crippen LogP contribution in [-0.2, 0) is 15.9 Å². The van der Waals surface area contributed by atoms with Crippen molar-refractivity contribution < 1.29 is 24.5 Å². The molecule has 0 spiro atoms. The number of aliphatic hydroxyl groups is 2. The number of fused-ring (bicyclic) bond motifs is 2. The third-order valence-corrected chi connectivity index (χ3v) is 6.04. The van der Waals surface area contributed by atoms with Gasteiger partial charge in [0.2, 0.25) is 5.95 Å². The number of nitrogen functional groups attached to an aromatic ring is 1. The lowest BCUT2D eigenvalue weighted by molar-refractivity contribution is -0.0532. The van der Waals surface area contributed by atoms with E-state index in [9.17, 15) is 19.8 Å². The second kappa shape index (κ2) is 8.89. The number of carbonyl (C=O) groups excluding carboxylic acids is 1. The van der Waals surface area contributed by atoms with Crippen molar-refractivity contribution >= 4 is 28.8 Å². The molecule has 2 aromatic heterocycles. The summed E-state index contributed by atoms with van der Waals surface area (Å²) in [6, 6.07) is 8.15. The Labute approximate surface area is 193 Å². The Morgan fingerprint density at radius 1 is 1.32 bits per heavy atom. The van der Waals surface area contributed by atoms with Crippen molar-refractivity contribution in [2.45, 2.75) is 37.4 Å². The molecule has 3 heterocycles. The number of H-pyrrole nitrogens is 1. The first-order chi connectivity index (χ1) is 16.4. The van der Waals surface area contributed by atoms with Gasteiger partial charge in [-0.2, -0.15) is 4.98 Å². The molecule has 6 N–H and O–H groups in total. The summed E-state index contributed by atoms with van der Waals surface area (Å²) in [4.78, 5) is 34.4. The van der Waals surface area contributed by atoms with Crippen LogP contribution in [0.2, 0.25) is 0 Å². The normalized spacial score (nSPS) is 23.6. The highest BCUT2D eigenvalue weighted by Gasteiger charge is 2.45. The average Bonchev–Trinajstić information content (AvgIpc) is 3.50. The predicted molar refractivity (Wildman–Crippen MR) is 121 cm³/mol. The molecule has 1 unspecified atom stereocenters. The largest absolute Gasteiger partial charge is 0.447 e. The Hall–Kier alpha value is -3.74. The maximum atomic E-state index is 12.1. The molecule has 4 atom stereocenters. The molecule has 5 rings (SSSR count). The number of aromatic nitrogens is 4.